The second-order valence-corrected chi connectivity index (χ2v) is 6.19. The van der Waals surface area contributed by atoms with E-state index < -0.39 is 18.6 Å². The summed E-state index contributed by atoms with van der Waals surface area (Å²) in [7, 11) is 0. The minimum atomic E-state index is -4.97. The number of nitrogens with one attached hydrogen (secondary N) is 1. The van der Waals surface area contributed by atoms with Gasteiger partial charge in [-0.1, -0.05) is 18.1 Å². The fourth-order valence-electron chi connectivity index (χ4n) is 2.96. The molecule has 140 valence electrons. The maximum atomic E-state index is 12.5. The van der Waals surface area contributed by atoms with E-state index in [1.807, 2.05) is 18.1 Å². The van der Waals surface area contributed by atoms with Gasteiger partial charge in [0.25, 0.3) is 0 Å². The summed E-state index contributed by atoms with van der Waals surface area (Å²) in [6.45, 7) is 1.12. The maximum absolute atomic E-state index is 12.5. The van der Waals surface area contributed by atoms with Gasteiger partial charge in [0.05, 0.1) is 6.54 Å². The Morgan fingerprint density at radius 2 is 1.88 bits per heavy atom. The highest BCUT2D eigenvalue weighted by atomic mass is 19.4. The van der Waals surface area contributed by atoms with Gasteiger partial charge in [0.1, 0.15) is 0 Å². The van der Waals surface area contributed by atoms with Crippen molar-refractivity contribution in [3.63, 3.8) is 0 Å². The lowest BCUT2D eigenvalue weighted by molar-refractivity contribution is -0.184. The van der Waals surface area contributed by atoms with Crippen LogP contribution in [-0.2, 0) is 17.6 Å². The van der Waals surface area contributed by atoms with E-state index in [4.69, 9.17) is 6.42 Å². The molecule has 1 N–H and O–H groups in total. The molecule has 1 aromatic rings. The van der Waals surface area contributed by atoms with Crippen LogP contribution in [0.3, 0.4) is 0 Å². The van der Waals surface area contributed by atoms with Gasteiger partial charge < -0.3 is 10.2 Å². The first kappa shape index (κ1) is 20.0. The Bertz CT molecular complexity index is 708. The monoisotopic (exact) mass is 366 g/mol. The number of hydrogen-bond donors (Lipinski definition) is 1. The average molecular weight is 366 g/mol. The molecule has 0 atom stereocenters. The number of terminal acetylenes is 1. The molecule has 4 nitrogen and oxygen atoms in total. The van der Waals surface area contributed by atoms with Crippen LogP contribution in [0.2, 0.25) is 0 Å². The molecule has 0 spiro atoms. The fraction of sp³-hybridized carbons (Fsp3) is 0.474. The SMILES string of the molecule is C#CCN(CCCC(=O)c1ccc2c(c1)CCNCC2)C(=O)C(F)(F)F. The summed E-state index contributed by atoms with van der Waals surface area (Å²) in [6, 6.07) is 5.56. The highest BCUT2D eigenvalue weighted by Crippen LogP contribution is 2.20. The van der Waals surface area contributed by atoms with Crippen molar-refractivity contribution in [3.05, 3.63) is 34.9 Å². The lowest BCUT2D eigenvalue weighted by Gasteiger charge is -2.21. The summed E-state index contributed by atoms with van der Waals surface area (Å²) >= 11 is 0. The zero-order valence-corrected chi connectivity index (χ0v) is 14.4. The first-order valence-electron chi connectivity index (χ1n) is 8.48. The summed E-state index contributed by atoms with van der Waals surface area (Å²) in [5.74, 6) is -0.0749. The van der Waals surface area contributed by atoms with Crippen molar-refractivity contribution in [1.82, 2.24) is 10.2 Å². The van der Waals surface area contributed by atoms with Gasteiger partial charge >= 0.3 is 12.1 Å². The fourth-order valence-corrected chi connectivity index (χ4v) is 2.96. The molecule has 0 fully saturated rings. The molecule has 0 aromatic heterocycles. The third-order valence-electron chi connectivity index (χ3n) is 4.31. The van der Waals surface area contributed by atoms with E-state index in [9.17, 15) is 22.8 Å². The van der Waals surface area contributed by atoms with Crippen molar-refractivity contribution < 1.29 is 22.8 Å². The Kier molecular flexibility index (Phi) is 6.81. The van der Waals surface area contributed by atoms with Gasteiger partial charge in [-0.15, -0.1) is 6.42 Å². The van der Waals surface area contributed by atoms with Crippen LogP contribution in [0.4, 0.5) is 13.2 Å². The van der Waals surface area contributed by atoms with Crippen molar-refractivity contribution in [3.8, 4) is 12.3 Å². The smallest absolute Gasteiger partial charge is 0.324 e. The Hall–Kier alpha value is -2.33. The molecule has 1 aliphatic rings. The van der Waals surface area contributed by atoms with Crippen LogP contribution in [0.25, 0.3) is 0 Å². The molecule has 0 saturated carbocycles. The number of benzene rings is 1. The molecule has 1 aliphatic heterocycles. The van der Waals surface area contributed by atoms with Crippen molar-refractivity contribution in [2.75, 3.05) is 26.2 Å². The number of fused-ring (bicyclic) bond motifs is 1. The molecule has 26 heavy (non-hydrogen) atoms. The average Bonchev–Trinajstić information content (AvgIpc) is 2.84. The molecule has 2 rings (SSSR count). The lowest BCUT2D eigenvalue weighted by atomic mass is 9.97. The topological polar surface area (TPSA) is 49.4 Å². The summed E-state index contributed by atoms with van der Waals surface area (Å²) in [5.41, 5.74) is 2.89. The first-order chi connectivity index (χ1) is 12.3. The second-order valence-electron chi connectivity index (χ2n) is 6.19. The normalized spacial score (nSPS) is 14.1. The van der Waals surface area contributed by atoms with Crippen LogP contribution in [0.5, 0.6) is 0 Å². The third kappa shape index (κ3) is 5.33. The van der Waals surface area contributed by atoms with Crippen LogP contribution < -0.4 is 5.32 Å². The molecule has 1 amide bonds. The van der Waals surface area contributed by atoms with E-state index in [1.165, 1.54) is 5.56 Å². The molecule has 0 aliphatic carbocycles. The van der Waals surface area contributed by atoms with Crippen LogP contribution in [-0.4, -0.2) is 48.9 Å². The summed E-state index contributed by atoms with van der Waals surface area (Å²) < 4.78 is 37.6. The van der Waals surface area contributed by atoms with E-state index in [1.54, 1.807) is 6.07 Å². The zero-order chi connectivity index (χ0) is 19.2. The van der Waals surface area contributed by atoms with Crippen molar-refractivity contribution in [2.24, 2.45) is 0 Å². The van der Waals surface area contributed by atoms with E-state index >= 15 is 0 Å². The van der Waals surface area contributed by atoms with Gasteiger partial charge in [0.15, 0.2) is 5.78 Å². The van der Waals surface area contributed by atoms with Gasteiger partial charge in [-0.05, 0) is 49.5 Å². The number of amides is 1. The first-order valence-corrected chi connectivity index (χ1v) is 8.48. The van der Waals surface area contributed by atoms with E-state index in [0.717, 1.165) is 31.5 Å². The molecule has 7 heteroatoms. The quantitative estimate of drug-likeness (QED) is 0.621. The van der Waals surface area contributed by atoms with Gasteiger partial charge in [-0.25, -0.2) is 0 Å². The minimum absolute atomic E-state index is 0.0588. The van der Waals surface area contributed by atoms with E-state index in [0.29, 0.717) is 10.5 Å². The van der Waals surface area contributed by atoms with Crippen molar-refractivity contribution in [2.45, 2.75) is 31.9 Å². The largest absolute Gasteiger partial charge is 0.471 e. The number of Topliss-reactive ketones (excluding diaryl/α,β-unsaturated/α-hetero) is 1. The molecule has 0 bridgehead atoms. The zero-order valence-electron chi connectivity index (χ0n) is 14.4. The van der Waals surface area contributed by atoms with Crippen molar-refractivity contribution >= 4 is 11.7 Å². The van der Waals surface area contributed by atoms with Crippen LogP contribution in [0.1, 0.15) is 34.3 Å². The predicted molar refractivity (Wildman–Crippen MR) is 91.8 cm³/mol. The lowest BCUT2D eigenvalue weighted by Crippen LogP contribution is -2.42. The van der Waals surface area contributed by atoms with Crippen LogP contribution in [0.15, 0.2) is 18.2 Å². The van der Waals surface area contributed by atoms with E-state index in [-0.39, 0.29) is 25.2 Å². The molecule has 1 heterocycles. The standard InChI is InChI=1S/C19H21F3N2O2/c1-2-11-24(18(26)19(20,21)22)12-3-4-17(25)16-6-5-14-7-9-23-10-8-15(14)13-16/h1,5-6,13,23H,3-4,7-12H2. The van der Waals surface area contributed by atoms with Gasteiger partial charge in [-0.2, -0.15) is 13.2 Å². The van der Waals surface area contributed by atoms with Crippen LogP contribution in [0, 0.1) is 12.3 Å². The maximum Gasteiger partial charge on any atom is 0.471 e. The van der Waals surface area contributed by atoms with Gasteiger partial charge in [0.2, 0.25) is 0 Å². The van der Waals surface area contributed by atoms with Gasteiger partial charge in [-0.3, -0.25) is 9.59 Å². The number of ketones is 1. The van der Waals surface area contributed by atoms with Gasteiger partial charge in [0, 0.05) is 18.5 Å². The number of rotatable bonds is 6. The Morgan fingerprint density at radius 3 is 2.54 bits per heavy atom. The second kappa shape index (κ2) is 8.86. The molecular formula is C19H21F3N2O2. The van der Waals surface area contributed by atoms with E-state index in [2.05, 4.69) is 5.32 Å². The van der Waals surface area contributed by atoms with Crippen LogP contribution >= 0.6 is 0 Å². The highest BCUT2D eigenvalue weighted by molar-refractivity contribution is 5.96. The molecule has 0 radical (unpaired) electrons. The predicted octanol–water partition coefficient (Wildman–Crippen LogP) is 2.36. The Labute approximate surface area is 150 Å². The number of alkyl halides is 3. The number of hydrogen-bond acceptors (Lipinski definition) is 3. The summed E-state index contributed by atoms with van der Waals surface area (Å²) in [6.07, 6.45) is 1.99. The number of nitrogens with zero attached hydrogens (tertiary/aromatic N) is 1. The minimum Gasteiger partial charge on any atom is -0.324 e. The molecule has 0 unspecified atom stereocenters. The third-order valence-corrected chi connectivity index (χ3v) is 4.31. The number of carbonyl (C=O) groups is 2. The Morgan fingerprint density at radius 1 is 1.19 bits per heavy atom. The summed E-state index contributed by atoms with van der Waals surface area (Å²) in [4.78, 5) is 24.2. The highest BCUT2D eigenvalue weighted by Gasteiger charge is 2.42. The molecular weight excluding hydrogens is 345 g/mol. The van der Waals surface area contributed by atoms with Crippen molar-refractivity contribution in [1.29, 1.82) is 0 Å². The summed E-state index contributed by atoms with van der Waals surface area (Å²) in [5, 5.41) is 3.29. The number of carbonyl (C=O) groups excluding carboxylic acids is 2. The Balaban J connectivity index is 1.94. The molecule has 0 saturated heterocycles. The number of halogens is 3. The molecule has 1 aromatic carbocycles.